The number of rotatable bonds is 5. The average Bonchev–Trinajstić information content (AvgIpc) is 2.51. The van der Waals surface area contributed by atoms with E-state index in [2.05, 4.69) is 0 Å². The Kier molecular flexibility index (Phi) is 6.41. The Labute approximate surface area is 154 Å². The van der Waals surface area contributed by atoms with Crippen LogP contribution in [-0.2, 0) is 29.9 Å². The second-order valence-electron chi connectivity index (χ2n) is 6.82. The van der Waals surface area contributed by atoms with E-state index in [1.807, 2.05) is 13.8 Å². The maximum Gasteiger partial charge on any atom is 0.338 e. The lowest BCUT2D eigenvalue weighted by molar-refractivity contribution is -0.151. The molecule has 3 unspecified atom stereocenters. The molecule has 1 amide bonds. The number of nitrogens with zero attached hydrogens (tertiary/aromatic N) is 1. The molecule has 26 heavy (non-hydrogen) atoms. The fourth-order valence-electron chi connectivity index (χ4n) is 2.98. The summed E-state index contributed by atoms with van der Waals surface area (Å²) >= 11 is 0. The molecule has 0 saturated carbocycles. The Balaban J connectivity index is 2.02. The molecule has 0 bridgehead atoms. The number of morpholine rings is 1. The van der Waals surface area contributed by atoms with Crippen LogP contribution >= 0.6 is 0 Å². The number of hydrogen-bond acceptors (Lipinski definition) is 6. The third-order valence-electron chi connectivity index (χ3n) is 3.95. The number of esters is 1. The summed E-state index contributed by atoms with van der Waals surface area (Å²) in [7, 11) is -3.21. The van der Waals surface area contributed by atoms with Crippen molar-refractivity contribution in [2.24, 2.45) is 0 Å². The highest BCUT2D eigenvalue weighted by molar-refractivity contribution is 7.89. The van der Waals surface area contributed by atoms with Gasteiger partial charge in [-0.2, -0.15) is 0 Å². The van der Waals surface area contributed by atoms with Crippen LogP contribution in [0.15, 0.2) is 24.3 Å². The van der Waals surface area contributed by atoms with E-state index in [9.17, 15) is 18.0 Å². The topological polar surface area (TPSA) is 90.0 Å². The maximum absolute atomic E-state index is 12.5. The van der Waals surface area contributed by atoms with Crippen molar-refractivity contribution in [2.45, 2.75) is 44.8 Å². The van der Waals surface area contributed by atoms with Gasteiger partial charge in [-0.15, -0.1) is 0 Å². The smallest absolute Gasteiger partial charge is 0.338 e. The van der Waals surface area contributed by atoms with Gasteiger partial charge in [0.05, 0.1) is 23.5 Å². The summed E-state index contributed by atoms with van der Waals surface area (Å²) in [6.45, 7) is 6.22. The molecule has 1 heterocycles. The normalized spacial score (nSPS) is 21.9. The largest absolute Gasteiger partial charge is 0.449 e. The van der Waals surface area contributed by atoms with Crippen molar-refractivity contribution < 1.29 is 27.5 Å². The second-order valence-corrected chi connectivity index (χ2v) is 8.96. The predicted molar refractivity (Wildman–Crippen MR) is 96.5 cm³/mol. The van der Waals surface area contributed by atoms with Crippen LogP contribution in [0.4, 0.5) is 0 Å². The lowest BCUT2D eigenvalue weighted by atomic mass is 10.1. The summed E-state index contributed by atoms with van der Waals surface area (Å²) < 4.78 is 33.7. The van der Waals surface area contributed by atoms with E-state index in [-0.39, 0.29) is 29.4 Å². The van der Waals surface area contributed by atoms with Crippen molar-refractivity contribution in [3.8, 4) is 0 Å². The fraction of sp³-hybridized carbons (Fsp3) is 0.556. The third kappa shape index (κ3) is 5.81. The number of benzene rings is 1. The monoisotopic (exact) mass is 383 g/mol. The first-order chi connectivity index (χ1) is 12.0. The van der Waals surface area contributed by atoms with Gasteiger partial charge in [-0.05, 0) is 38.5 Å². The lowest BCUT2D eigenvalue weighted by Crippen LogP contribution is -2.51. The third-order valence-corrected chi connectivity index (χ3v) is 4.81. The van der Waals surface area contributed by atoms with Crippen LogP contribution in [0, 0.1) is 0 Å². The molecule has 3 atom stereocenters. The molecular weight excluding hydrogens is 358 g/mol. The Hall–Kier alpha value is -1.93. The maximum atomic E-state index is 12.5. The number of sulfone groups is 1. The molecule has 7 nitrogen and oxygen atoms in total. The van der Waals surface area contributed by atoms with Gasteiger partial charge in [0.2, 0.25) is 0 Å². The summed E-state index contributed by atoms with van der Waals surface area (Å²) in [5.74, 6) is -1.09. The number of hydrogen-bond donors (Lipinski definition) is 0. The van der Waals surface area contributed by atoms with Crippen LogP contribution in [-0.4, -0.2) is 62.9 Å². The van der Waals surface area contributed by atoms with Crippen molar-refractivity contribution in [2.75, 3.05) is 19.3 Å². The molecule has 0 N–H and O–H groups in total. The standard InChI is InChI=1S/C18H25NO6S/c1-12-9-19(10-13(2)24-12)17(20)14(3)25-18(21)16-7-5-6-15(8-16)11-26(4,22)23/h5-8,12-14H,9-11H2,1-4H3. The molecule has 1 aromatic carbocycles. The SMILES string of the molecule is CC1CN(C(=O)C(C)OC(=O)c2cccc(CS(C)(=O)=O)c2)CC(C)O1. The minimum atomic E-state index is -3.21. The number of amides is 1. The van der Waals surface area contributed by atoms with Crippen molar-refractivity contribution >= 4 is 21.7 Å². The van der Waals surface area contributed by atoms with Gasteiger partial charge in [-0.3, -0.25) is 4.79 Å². The number of carbonyl (C=O) groups is 2. The molecule has 1 aliphatic rings. The molecule has 0 spiro atoms. The van der Waals surface area contributed by atoms with Gasteiger partial charge in [-0.1, -0.05) is 12.1 Å². The number of carbonyl (C=O) groups excluding carboxylic acids is 2. The molecule has 8 heteroatoms. The van der Waals surface area contributed by atoms with E-state index in [0.29, 0.717) is 18.7 Å². The first-order valence-corrected chi connectivity index (χ1v) is 10.5. The first-order valence-electron chi connectivity index (χ1n) is 8.47. The predicted octanol–water partition coefficient (Wildman–Crippen LogP) is 1.41. The minimum Gasteiger partial charge on any atom is -0.449 e. The van der Waals surface area contributed by atoms with Crippen molar-refractivity contribution in [3.05, 3.63) is 35.4 Å². The Morgan fingerprint density at radius 2 is 1.88 bits per heavy atom. The molecule has 0 radical (unpaired) electrons. The highest BCUT2D eigenvalue weighted by Crippen LogP contribution is 2.15. The Bertz CT molecular complexity index is 766. The first kappa shape index (κ1) is 20.4. The van der Waals surface area contributed by atoms with Crippen LogP contribution in [0.5, 0.6) is 0 Å². The summed E-state index contributed by atoms with van der Waals surface area (Å²) in [5.41, 5.74) is 0.714. The van der Waals surface area contributed by atoms with Gasteiger partial charge in [0.15, 0.2) is 15.9 Å². The molecular formula is C18H25NO6S. The molecule has 1 saturated heterocycles. The summed E-state index contributed by atoms with van der Waals surface area (Å²) in [6, 6.07) is 6.22. The van der Waals surface area contributed by atoms with Crippen LogP contribution < -0.4 is 0 Å². The van der Waals surface area contributed by atoms with Crippen LogP contribution in [0.2, 0.25) is 0 Å². The average molecular weight is 383 g/mol. The quantitative estimate of drug-likeness (QED) is 0.714. The van der Waals surface area contributed by atoms with Gasteiger partial charge in [0.25, 0.3) is 5.91 Å². The molecule has 144 valence electrons. The molecule has 2 rings (SSSR count). The Morgan fingerprint density at radius 3 is 2.46 bits per heavy atom. The molecule has 1 aromatic rings. The molecule has 1 aliphatic heterocycles. The van der Waals surface area contributed by atoms with E-state index >= 15 is 0 Å². The van der Waals surface area contributed by atoms with Crippen LogP contribution in [0.25, 0.3) is 0 Å². The van der Waals surface area contributed by atoms with E-state index in [0.717, 1.165) is 6.26 Å². The Morgan fingerprint density at radius 1 is 1.27 bits per heavy atom. The van der Waals surface area contributed by atoms with E-state index in [4.69, 9.17) is 9.47 Å². The summed E-state index contributed by atoms with van der Waals surface area (Å²) in [4.78, 5) is 26.5. The summed E-state index contributed by atoms with van der Waals surface area (Å²) in [6.07, 6.45) is 0.0541. The van der Waals surface area contributed by atoms with Crippen molar-refractivity contribution in [1.82, 2.24) is 4.90 Å². The highest BCUT2D eigenvalue weighted by Gasteiger charge is 2.30. The fourth-order valence-corrected chi connectivity index (χ4v) is 3.77. The zero-order valence-corrected chi connectivity index (χ0v) is 16.3. The zero-order valence-electron chi connectivity index (χ0n) is 15.5. The van der Waals surface area contributed by atoms with Crippen LogP contribution in [0.1, 0.15) is 36.7 Å². The van der Waals surface area contributed by atoms with E-state index < -0.39 is 21.9 Å². The second kappa shape index (κ2) is 8.18. The van der Waals surface area contributed by atoms with Crippen LogP contribution in [0.3, 0.4) is 0 Å². The van der Waals surface area contributed by atoms with E-state index in [1.54, 1.807) is 17.0 Å². The minimum absolute atomic E-state index is 0.0710. The van der Waals surface area contributed by atoms with Crippen molar-refractivity contribution in [1.29, 1.82) is 0 Å². The lowest BCUT2D eigenvalue weighted by Gasteiger charge is -2.36. The van der Waals surface area contributed by atoms with E-state index in [1.165, 1.54) is 19.1 Å². The number of ether oxygens (including phenoxy) is 2. The zero-order chi connectivity index (χ0) is 19.5. The van der Waals surface area contributed by atoms with Crippen molar-refractivity contribution in [3.63, 3.8) is 0 Å². The molecule has 0 aliphatic carbocycles. The van der Waals surface area contributed by atoms with Gasteiger partial charge in [0, 0.05) is 19.3 Å². The van der Waals surface area contributed by atoms with Gasteiger partial charge < -0.3 is 14.4 Å². The molecule has 0 aromatic heterocycles. The highest BCUT2D eigenvalue weighted by atomic mass is 32.2. The molecule has 1 fully saturated rings. The summed E-state index contributed by atoms with van der Waals surface area (Å²) in [5, 5.41) is 0. The van der Waals surface area contributed by atoms with Gasteiger partial charge in [0.1, 0.15) is 0 Å². The van der Waals surface area contributed by atoms with Gasteiger partial charge in [-0.25, -0.2) is 13.2 Å². The van der Waals surface area contributed by atoms with Gasteiger partial charge >= 0.3 is 5.97 Å².